The van der Waals surface area contributed by atoms with Gasteiger partial charge in [0.1, 0.15) is 5.75 Å². The molecule has 1 aliphatic heterocycles. The fourth-order valence-corrected chi connectivity index (χ4v) is 2.88. The molecule has 0 saturated carbocycles. The molecule has 0 aromatic heterocycles. The van der Waals surface area contributed by atoms with Gasteiger partial charge in [0.25, 0.3) is 0 Å². The fraction of sp³-hybridized carbons (Fsp3) is 0.588. The molecule has 0 unspecified atom stereocenters. The molecule has 23 heavy (non-hydrogen) atoms. The van der Waals surface area contributed by atoms with Crippen LogP contribution in [0.3, 0.4) is 0 Å². The number of nitrogens with zero attached hydrogens (tertiary/aromatic N) is 2. The summed E-state index contributed by atoms with van der Waals surface area (Å²) in [6, 6.07) is 7.02. The molecule has 2 rings (SSSR count). The van der Waals surface area contributed by atoms with E-state index in [1.165, 1.54) is 12.1 Å². The van der Waals surface area contributed by atoms with Gasteiger partial charge in [0, 0.05) is 25.6 Å². The van der Waals surface area contributed by atoms with Crippen molar-refractivity contribution in [2.24, 2.45) is 0 Å². The number of carbonyl (C=O) groups excluding carboxylic acids is 1. The molecule has 0 aliphatic carbocycles. The van der Waals surface area contributed by atoms with Crippen LogP contribution in [0.25, 0.3) is 0 Å². The van der Waals surface area contributed by atoms with Crippen LogP contribution in [0.1, 0.15) is 24.8 Å². The molecule has 1 saturated heterocycles. The first-order chi connectivity index (χ1) is 11.0. The summed E-state index contributed by atoms with van der Waals surface area (Å²) in [7, 11) is 4.15. The smallest absolute Gasteiger partial charge is 0.387 e. The molecule has 1 heterocycles. The summed E-state index contributed by atoms with van der Waals surface area (Å²) in [5.41, 5.74) is 0.947. The summed E-state index contributed by atoms with van der Waals surface area (Å²) < 4.78 is 28.5. The first kappa shape index (κ1) is 17.7. The van der Waals surface area contributed by atoms with Crippen LogP contribution in [0, 0.1) is 0 Å². The zero-order chi connectivity index (χ0) is 16.8. The highest BCUT2D eigenvalue weighted by Gasteiger charge is 2.23. The van der Waals surface area contributed by atoms with Crippen LogP contribution in [-0.4, -0.2) is 55.5 Å². The van der Waals surface area contributed by atoms with Gasteiger partial charge < -0.3 is 14.5 Å². The van der Waals surface area contributed by atoms with Gasteiger partial charge in [-0.25, -0.2) is 0 Å². The second-order valence-corrected chi connectivity index (χ2v) is 6.10. The molecule has 0 spiro atoms. The summed E-state index contributed by atoms with van der Waals surface area (Å²) in [5.74, 6) is 0.302. The van der Waals surface area contributed by atoms with Gasteiger partial charge in [-0.2, -0.15) is 8.78 Å². The maximum atomic E-state index is 12.2. The third-order valence-corrected chi connectivity index (χ3v) is 4.32. The number of hydrogen-bond donors (Lipinski definition) is 0. The molecule has 0 radical (unpaired) electrons. The lowest BCUT2D eigenvalue weighted by atomic mass is 10.0. The first-order valence-electron chi connectivity index (χ1n) is 7.93. The Morgan fingerprint density at radius 3 is 2.39 bits per heavy atom. The third kappa shape index (κ3) is 5.46. The molecule has 128 valence electrons. The minimum absolute atomic E-state index is 0.140. The number of amides is 1. The average molecular weight is 326 g/mol. The number of rotatable bonds is 6. The van der Waals surface area contributed by atoms with Crippen LogP contribution in [0.5, 0.6) is 5.75 Å². The zero-order valence-corrected chi connectivity index (χ0v) is 13.7. The first-order valence-corrected chi connectivity index (χ1v) is 7.93. The van der Waals surface area contributed by atoms with Gasteiger partial charge in [-0.3, -0.25) is 4.79 Å². The second kappa shape index (κ2) is 8.24. The SMILES string of the molecule is CN(C)C1CCN(C(=O)CCc2ccc(OC(F)F)cc2)CC1. The Balaban J connectivity index is 1.76. The Morgan fingerprint density at radius 2 is 1.87 bits per heavy atom. The van der Waals surface area contributed by atoms with Crippen molar-refractivity contribution in [3.63, 3.8) is 0 Å². The average Bonchev–Trinajstić information content (AvgIpc) is 2.53. The molecular formula is C17H24F2N2O2. The van der Waals surface area contributed by atoms with E-state index in [1.807, 2.05) is 4.90 Å². The number of halogens is 2. The highest BCUT2D eigenvalue weighted by atomic mass is 19.3. The van der Waals surface area contributed by atoms with E-state index in [0.29, 0.717) is 18.9 Å². The quantitative estimate of drug-likeness (QED) is 0.806. The Bertz CT molecular complexity index is 498. The monoisotopic (exact) mass is 326 g/mol. The normalized spacial score (nSPS) is 16.2. The zero-order valence-electron chi connectivity index (χ0n) is 13.7. The summed E-state index contributed by atoms with van der Waals surface area (Å²) in [6.45, 7) is -1.20. The molecule has 6 heteroatoms. The van der Waals surface area contributed by atoms with Crippen molar-refractivity contribution < 1.29 is 18.3 Å². The number of carbonyl (C=O) groups is 1. The molecule has 1 aromatic carbocycles. The van der Waals surface area contributed by atoms with Crippen molar-refractivity contribution in [3.05, 3.63) is 29.8 Å². The summed E-state index contributed by atoms with van der Waals surface area (Å²) in [5, 5.41) is 0. The summed E-state index contributed by atoms with van der Waals surface area (Å²) >= 11 is 0. The summed E-state index contributed by atoms with van der Waals surface area (Å²) in [4.78, 5) is 16.4. The third-order valence-electron chi connectivity index (χ3n) is 4.32. The molecular weight excluding hydrogens is 302 g/mol. The molecule has 1 fully saturated rings. The number of likely N-dealkylation sites (tertiary alicyclic amines) is 1. The minimum atomic E-state index is -2.81. The standard InChI is InChI=1S/C17H24F2N2O2/c1-20(2)14-9-11-21(12-10-14)16(22)8-5-13-3-6-15(7-4-13)23-17(18)19/h3-4,6-7,14,17H,5,8-12H2,1-2H3. The van der Waals surface area contributed by atoms with Gasteiger partial charge in [0.15, 0.2) is 0 Å². The van der Waals surface area contributed by atoms with E-state index >= 15 is 0 Å². The van der Waals surface area contributed by atoms with Crippen LogP contribution < -0.4 is 4.74 Å². The largest absolute Gasteiger partial charge is 0.435 e. The molecule has 1 aliphatic rings. The molecule has 0 bridgehead atoms. The molecule has 4 nitrogen and oxygen atoms in total. The highest BCUT2D eigenvalue weighted by molar-refractivity contribution is 5.76. The fourth-order valence-electron chi connectivity index (χ4n) is 2.88. The Kier molecular flexibility index (Phi) is 6.33. The summed E-state index contributed by atoms with van der Waals surface area (Å²) in [6.07, 6.45) is 3.08. The minimum Gasteiger partial charge on any atom is -0.435 e. The Labute approximate surface area is 136 Å². The van der Waals surface area contributed by atoms with E-state index in [4.69, 9.17) is 0 Å². The maximum Gasteiger partial charge on any atom is 0.387 e. The number of alkyl halides is 2. The van der Waals surface area contributed by atoms with Crippen molar-refractivity contribution in [1.29, 1.82) is 0 Å². The van der Waals surface area contributed by atoms with E-state index in [0.717, 1.165) is 31.5 Å². The van der Waals surface area contributed by atoms with Crippen LogP contribution in [0.4, 0.5) is 8.78 Å². The van der Waals surface area contributed by atoms with E-state index in [2.05, 4.69) is 23.7 Å². The number of aryl methyl sites for hydroxylation is 1. The van der Waals surface area contributed by atoms with E-state index < -0.39 is 6.61 Å². The molecule has 0 N–H and O–H groups in total. The highest BCUT2D eigenvalue weighted by Crippen LogP contribution is 2.18. The number of hydrogen-bond acceptors (Lipinski definition) is 3. The van der Waals surface area contributed by atoms with E-state index in [1.54, 1.807) is 12.1 Å². The lowest BCUT2D eigenvalue weighted by Crippen LogP contribution is -2.44. The molecule has 0 atom stereocenters. The van der Waals surface area contributed by atoms with E-state index in [9.17, 15) is 13.6 Å². The van der Waals surface area contributed by atoms with Crippen LogP contribution in [0.15, 0.2) is 24.3 Å². The lowest BCUT2D eigenvalue weighted by Gasteiger charge is -2.35. The van der Waals surface area contributed by atoms with Crippen molar-refractivity contribution in [2.45, 2.75) is 38.3 Å². The second-order valence-electron chi connectivity index (χ2n) is 6.10. The van der Waals surface area contributed by atoms with E-state index in [-0.39, 0.29) is 11.7 Å². The Morgan fingerprint density at radius 1 is 1.26 bits per heavy atom. The number of benzene rings is 1. The van der Waals surface area contributed by atoms with Crippen LogP contribution in [-0.2, 0) is 11.2 Å². The van der Waals surface area contributed by atoms with Crippen molar-refractivity contribution >= 4 is 5.91 Å². The van der Waals surface area contributed by atoms with Crippen LogP contribution >= 0.6 is 0 Å². The molecule has 1 amide bonds. The number of piperidine rings is 1. The van der Waals surface area contributed by atoms with Crippen molar-refractivity contribution in [1.82, 2.24) is 9.80 Å². The maximum absolute atomic E-state index is 12.2. The Hall–Kier alpha value is -1.69. The van der Waals surface area contributed by atoms with Crippen molar-refractivity contribution in [3.8, 4) is 5.75 Å². The molecule has 1 aromatic rings. The lowest BCUT2D eigenvalue weighted by molar-refractivity contribution is -0.132. The predicted molar refractivity (Wildman–Crippen MR) is 84.7 cm³/mol. The number of ether oxygens (including phenoxy) is 1. The van der Waals surface area contributed by atoms with Gasteiger partial charge in [0.05, 0.1) is 0 Å². The van der Waals surface area contributed by atoms with Gasteiger partial charge in [-0.05, 0) is 51.1 Å². The topological polar surface area (TPSA) is 32.8 Å². The van der Waals surface area contributed by atoms with Crippen LogP contribution in [0.2, 0.25) is 0 Å². The van der Waals surface area contributed by atoms with Gasteiger partial charge in [-0.1, -0.05) is 12.1 Å². The predicted octanol–water partition coefficient (Wildman–Crippen LogP) is 2.77. The van der Waals surface area contributed by atoms with Crippen molar-refractivity contribution in [2.75, 3.05) is 27.2 Å². The van der Waals surface area contributed by atoms with Gasteiger partial charge >= 0.3 is 6.61 Å². The van der Waals surface area contributed by atoms with Gasteiger partial charge in [-0.15, -0.1) is 0 Å². The van der Waals surface area contributed by atoms with Gasteiger partial charge in [0.2, 0.25) is 5.91 Å².